The van der Waals surface area contributed by atoms with Crippen molar-refractivity contribution in [1.82, 2.24) is 19.9 Å². The summed E-state index contributed by atoms with van der Waals surface area (Å²) in [5, 5.41) is 6.95. The van der Waals surface area contributed by atoms with Crippen LogP contribution >= 0.6 is 0 Å². The van der Waals surface area contributed by atoms with Crippen LogP contribution in [0.25, 0.3) is 11.0 Å². The van der Waals surface area contributed by atoms with E-state index in [9.17, 15) is 4.39 Å². The van der Waals surface area contributed by atoms with Crippen LogP contribution in [0, 0.1) is 5.82 Å². The lowest BCUT2D eigenvalue weighted by Gasteiger charge is -2.24. The van der Waals surface area contributed by atoms with Gasteiger partial charge in [0.25, 0.3) is 0 Å². The highest BCUT2D eigenvalue weighted by molar-refractivity contribution is 5.77. The first kappa shape index (κ1) is 15.1. The van der Waals surface area contributed by atoms with Crippen LogP contribution in [0.15, 0.2) is 42.7 Å². The number of nitrogens with one attached hydrogen (secondary N) is 2. The Labute approximate surface area is 139 Å². The van der Waals surface area contributed by atoms with Crippen LogP contribution < -0.4 is 10.6 Å². The highest BCUT2D eigenvalue weighted by Gasteiger charge is 2.17. The Balaban J connectivity index is 1.68. The van der Waals surface area contributed by atoms with Gasteiger partial charge in [0.05, 0.1) is 23.8 Å². The van der Waals surface area contributed by atoms with Gasteiger partial charge in [-0.1, -0.05) is 12.1 Å². The van der Waals surface area contributed by atoms with Crippen LogP contribution in [0.3, 0.4) is 0 Å². The minimum Gasteiger partial charge on any atom is -0.353 e. The Hall–Kier alpha value is -2.47. The van der Waals surface area contributed by atoms with E-state index in [1.165, 1.54) is 12.1 Å². The van der Waals surface area contributed by atoms with Gasteiger partial charge < -0.3 is 15.2 Å². The summed E-state index contributed by atoms with van der Waals surface area (Å²) >= 11 is 0. The molecule has 0 radical (unpaired) electrons. The first-order chi connectivity index (χ1) is 11.8. The first-order valence-corrected chi connectivity index (χ1v) is 8.31. The van der Waals surface area contributed by atoms with Crippen LogP contribution in [0.2, 0.25) is 0 Å². The van der Waals surface area contributed by atoms with Gasteiger partial charge in [-0.15, -0.1) is 0 Å². The second-order valence-corrected chi connectivity index (χ2v) is 6.18. The summed E-state index contributed by atoms with van der Waals surface area (Å²) in [7, 11) is 0. The SMILES string of the molecule is Fc1ccc(Cn2c(NC3CCNCC3)nc3ccncc32)cc1. The van der Waals surface area contributed by atoms with E-state index in [1.54, 1.807) is 6.20 Å². The third-order valence-electron chi connectivity index (χ3n) is 4.48. The smallest absolute Gasteiger partial charge is 0.204 e. The molecule has 124 valence electrons. The number of aromatic nitrogens is 3. The number of benzene rings is 1. The topological polar surface area (TPSA) is 54.8 Å². The molecule has 2 aromatic heterocycles. The second-order valence-electron chi connectivity index (χ2n) is 6.18. The molecule has 2 N–H and O–H groups in total. The number of imidazole rings is 1. The van der Waals surface area contributed by atoms with Crippen molar-refractivity contribution in [2.45, 2.75) is 25.4 Å². The number of rotatable bonds is 4. The third kappa shape index (κ3) is 3.10. The maximum Gasteiger partial charge on any atom is 0.204 e. The Kier molecular flexibility index (Phi) is 4.13. The fraction of sp³-hybridized carbons (Fsp3) is 0.333. The molecule has 0 atom stereocenters. The van der Waals surface area contributed by atoms with Gasteiger partial charge in [-0.2, -0.15) is 0 Å². The van der Waals surface area contributed by atoms with Gasteiger partial charge in [-0.05, 0) is 49.7 Å². The molecule has 4 rings (SSSR count). The molecule has 3 aromatic rings. The maximum atomic E-state index is 13.2. The van der Waals surface area contributed by atoms with Crippen LogP contribution in [0.4, 0.5) is 10.3 Å². The van der Waals surface area contributed by atoms with Gasteiger partial charge in [-0.3, -0.25) is 4.98 Å². The molecule has 0 unspecified atom stereocenters. The summed E-state index contributed by atoms with van der Waals surface area (Å²) in [6, 6.07) is 8.95. The summed E-state index contributed by atoms with van der Waals surface area (Å²) in [6.45, 7) is 2.69. The van der Waals surface area contributed by atoms with E-state index >= 15 is 0 Å². The summed E-state index contributed by atoms with van der Waals surface area (Å²) in [5.74, 6) is 0.637. The van der Waals surface area contributed by atoms with E-state index in [0.29, 0.717) is 12.6 Å². The van der Waals surface area contributed by atoms with E-state index in [2.05, 4.69) is 20.2 Å². The van der Waals surface area contributed by atoms with Crippen molar-refractivity contribution < 1.29 is 4.39 Å². The summed E-state index contributed by atoms with van der Waals surface area (Å²) in [5.41, 5.74) is 2.94. The van der Waals surface area contributed by atoms with Gasteiger partial charge in [0.15, 0.2) is 0 Å². The summed E-state index contributed by atoms with van der Waals surface area (Å²) < 4.78 is 15.3. The van der Waals surface area contributed by atoms with Crippen LogP contribution in [0.1, 0.15) is 18.4 Å². The zero-order valence-electron chi connectivity index (χ0n) is 13.4. The van der Waals surface area contributed by atoms with E-state index in [-0.39, 0.29) is 5.82 Å². The molecule has 0 aliphatic carbocycles. The van der Waals surface area contributed by atoms with E-state index in [1.807, 2.05) is 24.4 Å². The predicted octanol–water partition coefficient (Wildman–Crippen LogP) is 2.78. The predicted molar refractivity (Wildman–Crippen MR) is 92.5 cm³/mol. The van der Waals surface area contributed by atoms with Gasteiger partial charge >= 0.3 is 0 Å². The second kappa shape index (κ2) is 6.57. The lowest BCUT2D eigenvalue weighted by Crippen LogP contribution is -2.36. The molecule has 6 heteroatoms. The van der Waals surface area contributed by atoms with Gasteiger partial charge in [0.1, 0.15) is 5.82 Å². The molecule has 0 spiro atoms. The van der Waals surface area contributed by atoms with Crippen LogP contribution in [0.5, 0.6) is 0 Å². The van der Waals surface area contributed by atoms with Crippen molar-refractivity contribution in [1.29, 1.82) is 0 Å². The first-order valence-electron chi connectivity index (χ1n) is 8.31. The number of halogens is 1. The van der Waals surface area contributed by atoms with Crippen molar-refractivity contribution >= 4 is 17.0 Å². The molecule has 24 heavy (non-hydrogen) atoms. The van der Waals surface area contributed by atoms with Crippen molar-refractivity contribution in [3.8, 4) is 0 Å². The Morgan fingerprint density at radius 3 is 2.75 bits per heavy atom. The number of hydrogen-bond donors (Lipinski definition) is 2. The standard InChI is InChI=1S/C18H20FN5/c19-14-3-1-13(2-4-14)12-24-17-11-21-10-7-16(17)23-18(24)22-15-5-8-20-9-6-15/h1-4,7,10-11,15,20H,5-6,8-9,12H2,(H,22,23). The zero-order chi connectivity index (χ0) is 16.4. The molecule has 1 aromatic carbocycles. The van der Waals surface area contributed by atoms with Gasteiger partial charge in [0, 0.05) is 12.2 Å². The number of piperidine rings is 1. The molecule has 1 aliphatic rings. The average Bonchev–Trinajstić information content (AvgIpc) is 2.95. The van der Waals surface area contributed by atoms with Gasteiger partial charge in [-0.25, -0.2) is 9.37 Å². The Bertz CT molecular complexity index is 821. The molecule has 1 saturated heterocycles. The van der Waals surface area contributed by atoms with Crippen molar-refractivity contribution in [3.05, 3.63) is 54.1 Å². The number of pyridine rings is 1. The highest BCUT2D eigenvalue weighted by Crippen LogP contribution is 2.22. The average molecular weight is 325 g/mol. The van der Waals surface area contributed by atoms with E-state index < -0.39 is 0 Å². The molecule has 0 saturated carbocycles. The van der Waals surface area contributed by atoms with Crippen molar-refractivity contribution in [3.63, 3.8) is 0 Å². The minimum atomic E-state index is -0.219. The lowest BCUT2D eigenvalue weighted by atomic mass is 10.1. The Morgan fingerprint density at radius 1 is 1.17 bits per heavy atom. The number of hydrogen-bond acceptors (Lipinski definition) is 4. The molecular formula is C18H20FN5. The number of fused-ring (bicyclic) bond motifs is 1. The molecule has 1 fully saturated rings. The quantitative estimate of drug-likeness (QED) is 0.774. The summed E-state index contributed by atoms with van der Waals surface area (Å²) in [6.07, 6.45) is 5.75. The summed E-state index contributed by atoms with van der Waals surface area (Å²) in [4.78, 5) is 8.97. The number of anilines is 1. The van der Waals surface area contributed by atoms with Crippen LogP contribution in [-0.2, 0) is 6.54 Å². The molecule has 3 heterocycles. The largest absolute Gasteiger partial charge is 0.353 e. The van der Waals surface area contributed by atoms with Crippen molar-refractivity contribution in [2.24, 2.45) is 0 Å². The molecular weight excluding hydrogens is 305 g/mol. The molecule has 5 nitrogen and oxygen atoms in total. The van der Waals surface area contributed by atoms with Crippen LogP contribution in [-0.4, -0.2) is 33.7 Å². The minimum absolute atomic E-state index is 0.219. The monoisotopic (exact) mass is 325 g/mol. The lowest BCUT2D eigenvalue weighted by molar-refractivity contribution is 0.476. The normalized spacial score (nSPS) is 15.7. The molecule has 0 amide bonds. The van der Waals surface area contributed by atoms with Gasteiger partial charge in [0.2, 0.25) is 5.95 Å². The zero-order valence-corrected chi connectivity index (χ0v) is 13.4. The van der Waals surface area contributed by atoms with E-state index in [0.717, 1.165) is 48.5 Å². The number of nitrogens with zero attached hydrogens (tertiary/aromatic N) is 3. The van der Waals surface area contributed by atoms with Crippen molar-refractivity contribution in [2.75, 3.05) is 18.4 Å². The fourth-order valence-corrected chi connectivity index (χ4v) is 3.16. The van der Waals surface area contributed by atoms with E-state index in [4.69, 9.17) is 4.98 Å². The molecule has 0 bridgehead atoms. The maximum absolute atomic E-state index is 13.2. The fourth-order valence-electron chi connectivity index (χ4n) is 3.16. The molecule has 1 aliphatic heterocycles. The third-order valence-corrected chi connectivity index (χ3v) is 4.48. The Morgan fingerprint density at radius 2 is 1.96 bits per heavy atom. The highest BCUT2D eigenvalue weighted by atomic mass is 19.1.